The smallest absolute Gasteiger partial charge is 0.0724 e. The number of nitrogens with zero attached hydrogens (tertiary/aromatic N) is 2. The molecule has 43 heavy (non-hydrogen) atoms. The number of hydrogen-bond acceptors (Lipinski definition) is 1. The average molecular weight is 547 g/mol. The Morgan fingerprint density at radius 1 is 0.372 bits per heavy atom. The lowest BCUT2D eigenvalue weighted by atomic mass is 9.78. The predicted molar refractivity (Wildman–Crippen MR) is 179 cm³/mol. The van der Waals surface area contributed by atoms with E-state index >= 15 is 0 Å². The third-order valence-electron chi connectivity index (χ3n) is 8.90. The van der Waals surface area contributed by atoms with Crippen LogP contribution >= 0.6 is 0 Å². The van der Waals surface area contributed by atoms with Crippen LogP contribution in [-0.2, 0) is 0 Å². The zero-order valence-electron chi connectivity index (χ0n) is 23.4. The van der Waals surface area contributed by atoms with E-state index in [1.165, 1.54) is 71.9 Å². The number of rotatable bonds is 2. The highest BCUT2D eigenvalue weighted by atomic mass is 15.0. The van der Waals surface area contributed by atoms with Crippen LogP contribution in [0, 0.1) is 0 Å². The van der Waals surface area contributed by atoms with Crippen LogP contribution in [0.3, 0.4) is 0 Å². The Kier molecular flexibility index (Phi) is 5.23. The molecule has 2 nitrogen and oxygen atoms in total. The molecule has 0 amide bonds. The molecule has 1 aliphatic carbocycles. The maximum atomic E-state index is 4.46. The van der Waals surface area contributed by atoms with Gasteiger partial charge in [0.05, 0.1) is 17.2 Å². The van der Waals surface area contributed by atoms with E-state index in [1.54, 1.807) is 0 Å². The molecular formula is C41H26N2. The molecule has 2 aromatic heterocycles. The molecule has 200 valence electrons. The Bertz CT molecular complexity index is 2280. The van der Waals surface area contributed by atoms with Crippen molar-refractivity contribution >= 4 is 21.8 Å². The van der Waals surface area contributed by atoms with Gasteiger partial charge in [-0.15, -0.1) is 0 Å². The summed E-state index contributed by atoms with van der Waals surface area (Å²) in [5.41, 5.74) is 16.0. The normalized spacial score (nSPS) is 11.7. The third-order valence-corrected chi connectivity index (χ3v) is 8.90. The van der Waals surface area contributed by atoms with Gasteiger partial charge in [0.2, 0.25) is 0 Å². The molecule has 6 aromatic carbocycles. The molecular weight excluding hydrogens is 520 g/mol. The van der Waals surface area contributed by atoms with E-state index in [0.29, 0.717) is 0 Å². The molecule has 0 unspecified atom stereocenters. The van der Waals surface area contributed by atoms with Crippen molar-refractivity contribution in [2.75, 3.05) is 0 Å². The van der Waals surface area contributed by atoms with Crippen LogP contribution in [0.15, 0.2) is 158 Å². The van der Waals surface area contributed by atoms with Crippen LogP contribution < -0.4 is 0 Å². The van der Waals surface area contributed by atoms with E-state index in [9.17, 15) is 0 Å². The Morgan fingerprint density at radius 2 is 0.884 bits per heavy atom. The van der Waals surface area contributed by atoms with Gasteiger partial charge in [0.1, 0.15) is 0 Å². The maximum Gasteiger partial charge on any atom is 0.0724 e. The summed E-state index contributed by atoms with van der Waals surface area (Å²) in [5.74, 6) is 0. The van der Waals surface area contributed by atoms with Crippen LogP contribution in [0.25, 0.3) is 83.1 Å². The quantitative estimate of drug-likeness (QED) is 0.211. The number of para-hydroxylation sites is 1. The van der Waals surface area contributed by atoms with Crippen LogP contribution in [0.5, 0.6) is 0 Å². The van der Waals surface area contributed by atoms with Gasteiger partial charge in [0.25, 0.3) is 0 Å². The van der Waals surface area contributed by atoms with Crippen molar-refractivity contribution in [3.05, 3.63) is 158 Å². The van der Waals surface area contributed by atoms with Crippen molar-refractivity contribution in [3.63, 3.8) is 0 Å². The fraction of sp³-hybridized carbons (Fsp3) is 0. The summed E-state index contributed by atoms with van der Waals surface area (Å²) in [5, 5.41) is 2.46. The zero-order chi connectivity index (χ0) is 28.3. The number of aromatic nitrogens is 2. The van der Waals surface area contributed by atoms with E-state index in [0.717, 1.165) is 11.2 Å². The molecule has 9 rings (SSSR count). The Morgan fingerprint density at radius 3 is 1.58 bits per heavy atom. The summed E-state index contributed by atoms with van der Waals surface area (Å²) in [6.07, 6.45) is 3.84. The van der Waals surface area contributed by atoms with E-state index in [2.05, 4.69) is 155 Å². The summed E-state index contributed by atoms with van der Waals surface area (Å²) >= 11 is 0. The van der Waals surface area contributed by atoms with E-state index in [1.807, 2.05) is 12.4 Å². The summed E-state index contributed by atoms with van der Waals surface area (Å²) in [6, 6.07) is 53.0. The minimum atomic E-state index is 1.12. The first-order chi connectivity index (χ1) is 21.4. The van der Waals surface area contributed by atoms with E-state index < -0.39 is 0 Å². The monoisotopic (exact) mass is 546 g/mol. The van der Waals surface area contributed by atoms with Crippen molar-refractivity contribution in [1.29, 1.82) is 0 Å². The first kappa shape index (κ1) is 23.9. The lowest BCUT2D eigenvalue weighted by Gasteiger charge is -2.25. The van der Waals surface area contributed by atoms with E-state index in [-0.39, 0.29) is 0 Å². The van der Waals surface area contributed by atoms with Crippen LogP contribution in [0.4, 0.5) is 0 Å². The molecule has 8 aromatic rings. The standard InChI is InChI=1S/C41H26N2/c1-2-11-31-30(10-1)32-12-3-4-13-34(32)38-18-9-17-29(41(38)37-16-6-5-14-33(31)37)27-20-22-28(23-21-27)43-39-19-8-7-15-35(39)36-24-25-42-26-40(36)43/h1-26H. The highest BCUT2D eigenvalue weighted by Gasteiger charge is 2.23. The van der Waals surface area contributed by atoms with Gasteiger partial charge in [-0.25, -0.2) is 0 Å². The van der Waals surface area contributed by atoms with Crippen molar-refractivity contribution < 1.29 is 0 Å². The van der Waals surface area contributed by atoms with Crippen LogP contribution in [0.1, 0.15) is 0 Å². The average Bonchev–Trinajstić information content (AvgIpc) is 3.42. The number of pyridine rings is 1. The van der Waals surface area contributed by atoms with E-state index in [4.69, 9.17) is 0 Å². The largest absolute Gasteiger partial charge is 0.308 e. The summed E-state index contributed by atoms with van der Waals surface area (Å²) in [7, 11) is 0. The second-order valence-corrected chi connectivity index (χ2v) is 11.2. The highest BCUT2D eigenvalue weighted by molar-refractivity contribution is 6.09. The lowest BCUT2D eigenvalue weighted by Crippen LogP contribution is -1.99. The lowest BCUT2D eigenvalue weighted by molar-refractivity contribution is 1.17. The fourth-order valence-corrected chi connectivity index (χ4v) is 7.04. The molecule has 0 fully saturated rings. The topological polar surface area (TPSA) is 17.8 Å². The third kappa shape index (κ3) is 3.57. The Balaban J connectivity index is 1.28. The Labute approximate surface area is 250 Å². The first-order valence-corrected chi connectivity index (χ1v) is 14.7. The van der Waals surface area contributed by atoms with Crippen molar-refractivity contribution in [3.8, 4) is 61.3 Å². The molecule has 0 N–H and O–H groups in total. The van der Waals surface area contributed by atoms with Crippen molar-refractivity contribution in [2.24, 2.45) is 0 Å². The summed E-state index contributed by atoms with van der Waals surface area (Å²) < 4.78 is 2.32. The van der Waals surface area contributed by atoms with Crippen LogP contribution in [-0.4, -0.2) is 9.55 Å². The summed E-state index contributed by atoms with van der Waals surface area (Å²) in [4.78, 5) is 4.46. The summed E-state index contributed by atoms with van der Waals surface area (Å²) in [6.45, 7) is 0. The minimum Gasteiger partial charge on any atom is -0.308 e. The first-order valence-electron chi connectivity index (χ1n) is 14.7. The Hall–Kier alpha value is -5.73. The molecule has 2 heteroatoms. The van der Waals surface area contributed by atoms with Crippen molar-refractivity contribution in [2.45, 2.75) is 0 Å². The molecule has 0 saturated heterocycles. The van der Waals surface area contributed by atoms with Gasteiger partial charge in [-0.2, -0.15) is 0 Å². The van der Waals surface area contributed by atoms with Gasteiger partial charge >= 0.3 is 0 Å². The fourth-order valence-electron chi connectivity index (χ4n) is 7.04. The van der Waals surface area contributed by atoms with Gasteiger partial charge in [-0.3, -0.25) is 4.98 Å². The highest BCUT2D eigenvalue weighted by Crippen LogP contribution is 2.50. The molecule has 2 heterocycles. The van der Waals surface area contributed by atoms with Gasteiger partial charge in [-0.05, 0) is 79.9 Å². The number of benzene rings is 6. The van der Waals surface area contributed by atoms with Gasteiger partial charge in [0.15, 0.2) is 0 Å². The number of fused-ring (bicyclic) bond motifs is 11. The molecule has 0 atom stereocenters. The SMILES string of the molecule is c1ccc2c(c1)-c1ccccc1-c1cccc(-c3ccc(-n4c5ccccc5c5ccncc54)cc3)c1-c1ccccc1-2. The van der Waals surface area contributed by atoms with Gasteiger partial charge in [-0.1, -0.05) is 121 Å². The van der Waals surface area contributed by atoms with Gasteiger partial charge < -0.3 is 4.57 Å². The molecule has 0 bridgehead atoms. The zero-order valence-corrected chi connectivity index (χ0v) is 23.4. The number of hydrogen-bond donors (Lipinski definition) is 0. The predicted octanol–water partition coefficient (Wildman–Crippen LogP) is 10.8. The molecule has 0 spiro atoms. The van der Waals surface area contributed by atoms with Gasteiger partial charge in [0, 0.05) is 22.7 Å². The second kappa shape index (κ2) is 9.40. The minimum absolute atomic E-state index is 1.12. The van der Waals surface area contributed by atoms with Crippen molar-refractivity contribution in [1.82, 2.24) is 9.55 Å². The second-order valence-electron chi connectivity index (χ2n) is 11.2. The molecule has 0 aliphatic heterocycles. The molecule has 1 aliphatic rings. The maximum absolute atomic E-state index is 4.46. The van der Waals surface area contributed by atoms with Crippen LogP contribution in [0.2, 0.25) is 0 Å². The molecule has 0 saturated carbocycles. The molecule has 0 radical (unpaired) electrons.